The Balaban J connectivity index is 1.41. The average molecular weight is 413 g/mol. The highest BCUT2D eigenvalue weighted by molar-refractivity contribution is 7.99. The Morgan fingerprint density at radius 2 is 2.03 bits per heavy atom. The van der Waals surface area contributed by atoms with Crippen molar-refractivity contribution in [1.29, 1.82) is 0 Å². The first-order valence-electron chi connectivity index (χ1n) is 11.1. The van der Waals surface area contributed by atoms with Gasteiger partial charge in [0, 0.05) is 43.2 Å². The largest absolute Gasteiger partial charge is 0.341 e. The van der Waals surface area contributed by atoms with Gasteiger partial charge in [-0.1, -0.05) is 13.0 Å². The fourth-order valence-electron chi connectivity index (χ4n) is 5.20. The van der Waals surface area contributed by atoms with Crippen LogP contribution < -0.4 is 4.90 Å². The summed E-state index contributed by atoms with van der Waals surface area (Å²) in [5, 5.41) is 9.78. The summed E-state index contributed by atoms with van der Waals surface area (Å²) in [5.41, 5.74) is 0.909. The Morgan fingerprint density at radius 1 is 1.14 bits per heavy atom. The fraction of sp³-hybridized carbons (Fsp3) is 0.682. The molecule has 2 aromatic rings. The summed E-state index contributed by atoms with van der Waals surface area (Å²) in [6.07, 6.45) is 10.8. The number of hydrogen-bond acceptors (Lipinski definition) is 6. The molecule has 1 aliphatic carbocycles. The van der Waals surface area contributed by atoms with E-state index >= 15 is 0 Å². The lowest BCUT2D eigenvalue weighted by Crippen LogP contribution is -2.55. The van der Waals surface area contributed by atoms with E-state index in [9.17, 15) is 0 Å². The summed E-state index contributed by atoms with van der Waals surface area (Å²) < 4.78 is 2.31. The maximum absolute atomic E-state index is 4.68. The van der Waals surface area contributed by atoms with E-state index < -0.39 is 0 Å². The minimum Gasteiger partial charge on any atom is -0.341 e. The van der Waals surface area contributed by atoms with Crippen molar-refractivity contribution in [2.75, 3.05) is 30.8 Å². The maximum Gasteiger partial charge on any atom is 0.227 e. The van der Waals surface area contributed by atoms with Gasteiger partial charge in [-0.05, 0) is 63.0 Å². The van der Waals surface area contributed by atoms with Crippen molar-refractivity contribution in [3.63, 3.8) is 0 Å². The highest BCUT2D eigenvalue weighted by Gasteiger charge is 2.42. The van der Waals surface area contributed by atoms with E-state index in [4.69, 9.17) is 0 Å². The van der Waals surface area contributed by atoms with Gasteiger partial charge in [0.25, 0.3) is 0 Å². The van der Waals surface area contributed by atoms with Gasteiger partial charge in [-0.2, -0.15) is 11.8 Å². The summed E-state index contributed by atoms with van der Waals surface area (Å²) in [5.74, 6) is 2.69. The Labute approximate surface area is 178 Å². The van der Waals surface area contributed by atoms with Crippen LogP contribution >= 0.6 is 11.8 Å². The van der Waals surface area contributed by atoms with Gasteiger partial charge in [0.2, 0.25) is 5.95 Å². The van der Waals surface area contributed by atoms with Gasteiger partial charge in [0.05, 0.1) is 0 Å². The lowest BCUT2D eigenvalue weighted by molar-refractivity contribution is 0.0693. The molecule has 0 aromatic carbocycles. The zero-order chi connectivity index (χ0) is 19.8. The molecule has 2 aromatic heterocycles. The molecule has 3 unspecified atom stereocenters. The van der Waals surface area contributed by atoms with Gasteiger partial charge < -0.3 is 4.90 Å². The van der Waals surface area contributed by atoms with Crippen LogP contribution in [0.25, 0.3) is 11.5 Å². The highest BCUT2D eigenvalue weighted by atomic mass is 32.2. The molecule has 2 saturated heterocycles. The molecular weight excluding hydrogens is 380 g/mol. The lowest BCUT2D eigenvalue weighted by atomic mass is 9.84. The van der Waals surface area contributed by atoms with Crippen LogP contribution in [0.1, 0.15) is 39.0 Å². The SMILES string of the molecule is CSC(C)Cn1c(-c2ccccn2)nnc1N1CCC2C(CCCN2C2CC2)C1. The van der Waals surface area contributed by atoms with Gasteiger partial charge in [0.1, 0.15) is 5.69 Å². The van der Waals surface area contributed by atoms with E-state index in [-0.39, 0.29) is 0 Å². The number of hydrogen-bond donors (Lipinski definition) is 0. The predicted molar refractivity (Wildman–Crippen MR) is 119 cm³/mol. The topological polar surface area (TPSA) is 50.1 Å². The third kappa shape index (κ3) is 3.91. The first-order chi connectivity index (χ1) is 14.2. The second-order valence-electron chi connectivity index (χ2n) is 8.87. The Bertz CT molecular complexity index is 820. The van der Waals surface area contributed by atoms with E-state index in [1.54, 1.807) is 0 Å². The highest BCUT2D eigenvalue weighted by Crippen LogP contribution is 2.39. The Hall–Kier alpha value is -1.60. The van der Waals surface area contributed by atoms with Gasteiger partial charge in [-0.15, -0.1) is 10.2 Å². The predicted octanol–water partition coefficient (Wildman–Crippen LogP) is 3.54. The van der Waals surface area contributed by atoms with E-state index in [2.05, 4.69) is 42.7 Å². The van der Waals surface area contributed by atoms with Gasteiger partial charge in [0.15, 0.2) is 5.82 Å². The molecule has 0 radical (unpaired) electrons. The van der Waals surface area contributed by atoms with E-state index in [0.717, 1.165) is 55.1 Å². The Kier molecular flexibility index (Phi) is 5.52. The number of pyridine rings is 1. The summed E-state index contributed by atoms with van der Waals surface area (Å²) in [4.78, 5) is 9.89. The maximum atomic E-state index is 4.68. The third-order valence-corrected chi connectivity index (χ3v) is 7.83. The van der Waals surface area contributed by atoms with Gasteiger partial charge >= 0.3 is 0 Å². The van der Waals surface area contributed by atoms with Crippen molar-refractivity contribution < 1.29 is 0 Å². The molecule has 1 saturated carbocycles. The second-order valence-corrected chi connectivity index (χ2v) is 10.1. The number of likely N-dealkylation sites (tertiary alicyclic amines) is 1. The molecule has 0 N–H and O–H groups in total. The molecule has 4 heterocycles. The van der Waals surface area contributed by atoms with Gasteiger partial charge in [-0.25, -0.2) is 0 Å². The minimum absolute atomic E-state index is 0.504. The summed E-state index contributed by atoms with van der Waals surface area (Å²) in [6.45, 7) is 6.70. The summed E-state index contributed by atoms with van der Waals surface area (Å²) in [6, 6.07) is 7.68. The zero-order valence-electron chi connectivity index (χ0n) is 17.6. The molecule has 7 heteroatoms. The molecule has 3 aliphatic rings. The smallest absolute Gasteiger partial charge is 0.227 e. The normalized spacial score (nSPS) is 26.3. The van der Waals surface area contributed by atoms with E-state index in [1.165, 1.54) is 38.6 Å². The van der Waals surface area contributed by atoms with Crippen LogP contribution in [0.15, 0.2) is 24.4 Å². The molecule has 3 atom stereocenters. The van der Waals surface area contributed by atoms with Crippen LogP contribution in [0.5, 0.6) is 0 Å². The van der Waals surface area contributed by atoms with Gasteiger partial charge in [-0.3, -0.25) is 14.5 Å². The molecule has 3 fully saturated rings. The lowest BCUT2D eigenvalue weighted by Gasteiger charge is -2.47. The van der Waals surface area contributed by atoms with Crippen molar-refractivity contribution in [1.82, 2.24) is 24.6 Å². The van der Waals surface area contributed by atoms with Crippen LogP contribution in [-0.2, 0) is 6.54 Å². The molecule has 5 rings (SSSR count). The molecule has 0 bridgehead atoms. The quantitative estimate of drug-likeness (QED) is 0.723. The molecular formula is C22H32N6S. The van der Waals surface area contributed by atoms with E-state index in [0.29, 0.717) is 5.25 Å². The van der Waals surface area contributed by atoms with E-state index in [1.807, 2.05) is 36.2 Å². The molecule has 156 valence electrons. The van der Waals surface area contributed by atoms with Crippen LogP contribution in [0.4, 0.5) is 5.95 Å². The molecule has 2 aliphatic heterocycles. The first kappa shape index (κ1) is 19.4. The molecule has 0 amide bonds. The van der Waals surface area contributed by atoms with Crippen LogP contribution in [0.3, 0.4) is 0 Å². The number of piperidine rings is 2. The minimum atomic E-state index is 0.504. The number of aromatic nitrogens is 4. The van der Waals surface area contributed by atoms with Crippen LogP contribution in [0, 0.1) is 5.92 Å². The number of thioether (sulfide) groups is 1. The summed E-state index contributed by atoms with van der Waals surface area (Å²) in [7, 11) is 0. The van der Waals surface area contributed by atoms with Crippen LogP contribution in [-0.4, -0.2) is 67.9 Å². The molecule has 29 heavy (non-hydrogen) atoms. The first-order valence-corrected chi connectivity index (χ1v) is 12.4. The standard InChI is InChI=1S/C22H32N6S/c1-16(29-2)14-28-21(19-7-3-4-11-23-19)24-25-22(28)26-13-10-20-17(15-26)6-5-12-27(20)18-8-9-18/h3-4,7,11,16-18,20H,5-6,8-10,12-15H2,1-2H3. The zero-order valence-corrected chi connectivity index (χ0v) is 18.4. The number of rotatable bonds is 6. The molecule has 6 nitrogen and oxygen atoms in total. The third-order valence-electron chi connectivity index (χ3n) is 6.88. The van der Waals surface area contributed by atoms with Crippen molar-refractivity contribution >= 4 is 17.7 Å². The van der Waals surface area contributed by atoms with Crippen molar-refractivity contribution in [3.8, 4) is 11.5 Å². The number of anilines is 1. The molecule has 0 spiro atoms. The van der Waals surface area contributed by atoms with Crippen molar-refractivity contribution in [2.45, 2.75) is 62.9 Å². The van der Waals surface area contributed by atoms with Crippen LogP contribution in [0.2, 0.25) is 0 Å². The monoisotopic (exact) mass is 412 g/mol. The number of fused-ring (bicyclic) bond motifs is 1. The van der Waals surface area contributed by atoms with Crippen molar-refractivity contribution in [2.24, 2.45) is 5.92 Å². The Morgan fingerprint density at radius 3 is 2.79 bits per heavy atom. The fourth-order valence-corrected chi connectivity index (χ4v) is 5.49. The number of nitrogens with zero attached hydrogens (tertiary/aromatic N) is 6. The second kappa shape index (κ2) is 8.26. The average Bonchev–Trinajstić information content (AvgIpc) is 3.53. The summed E-state index contributed by atoms with van der Waals surface area (Å²) >= 11 is 1.89. The van der Waals surface area contributed by atoms with Crippen molar-refractivity contribution in [3.05, 3.63) is 24.4 Å².